The monoisotopic (exact) mass is 456 g/mol. The lowest BCUT2D eigenvalue weighted by Crippen LogP contribution is -2.76. The third kappa shape index (κ3) is 3.82. The first-order valence-electron chi connectivity index (χ1n) is 11.3. The normalized spacial score (nSPS) is 26.6. The highest BCUT2D eigenvalue weighted by atomic mass is 35.5. The minimum absolute atomic E-state index is 0.0296. The standard InChI is InChI=1S/C25H33ClN4O2/c1-24(2)22(25(3,4)23(24)32-19-8-7-18(15-27)20(26)14-19)30-21(6-5-11-28-30)29-12-9-17(16-31)10-13-29/h5-8,11,14,17,22-23,28,31H,9-10,12-13,16H2,1-4H3. The summed E-state index contributed by atoms with van der Waals surface area (Å²) < 4.78 is 6.46. The second-order valence-corrected chi connectivity index (χ2v) is 10.7. The Morgan fingerprint density at radius 1 is 1.22 bits per heavy atom. The van der Waals surface area contributed by atoms with Crippen molar-refractivity contribution < 1.29 is 9.84 Å². The van der Waals surface area contributed by atoms with Crippen molar-refractivity contribution in [3.63, 3.8) is 0 Å². The van der Waals surface area contributed by atoms with Gasteiger partial charge >= 0.3 is 0 Å². The average molecular weight is 457 g/mol. The predicted octanol–water partition coefficient (Wildman–Crippen LogP) is 4.27. The predicted molar refractivity (Wildman–Crippen MR) is 126 cm³/mol. The fourth-order valence-corrected chi connectivity index (χ4v) is 6.30. The highest BCUT2D eigenvalue weighted by Gasteiger charge is 2.66. The molecular formula is C25H33ClN4O2. The molecule has 1 aliphatic carbocycles. The number of aliphatic hydroxyl groups excluding tert-OH is 1. The number of halogens is 1. The number of rotatable bonds is 5. The number of hydrogen-bond donors (Lipinski definition) is 2. The lowest BCUT2D eigenvalue weighted by Gasteiger charge is -2.66. The summed E-state index contributed by atoms with van der Waals surface area (Å²) in [4.78, 5) is 2.42. The Morgan fingerprint density at radius 3 is 2.50 bits per heavy atom. The molecule has 3 aliphatic rings. The molecule has 32 heavy (non-hydrogen) atoms. The molecule has 0 atom stereocenters. The van der Waals surface area contributed by atoms with Crippen LogP contribution in [0.5, 0.6) is 5.75 Å². The number of likely N-dealkylation sites (tertiary alicyclic amines) is 1. The maximum absolute atomic E-state index is 9.50. The van der Waals surface area contributed by atoms with Crippen LogP contribution in [0.15, 0.2) is 42.4 Å². The Balaban J connectivity index is 1.54. The number of ether oxygens (including phenoxy) is 1. The van der Waals surface area contributed by atoms with E-state index >= 15 is 0 Å². The van der Waals surface area contributed by atoms with E-state index in [1.165, 1.54) is 5.82 Å². The van der Waals surface area contributed by atoms with E-state index in [4.69, 9.17) is 21.6 Å². The van der Waals surface area contributed by atoms with Crippen LogP contribution < -0.4 is 10.2 Å². The van der Waals surface area contributed by atoms with Crippen LogP contribution in [0.4, 0.5) is 0 Å². The van der Waals surface area contributed by atoms with Crippen molar-refractivity contribution in [3.05, 3.63) is 53.0 Å². The molecule has 0 bridgehead atoms. The number of nitriles is 1. The van der Waals surface area contributed by atoms with Crippen molar-refractivity contribution in [1.82, 2.24) is 15.3 Å². The van der Waals surface area contributed by atoms with Gasteiger partial charge in [-0.15, -0.1) is 0 Å². The van der Waals surface area contributed by atoms with Gasteiger partial charge in [0.15, 0.2) is 0 Å². The molecule has 0 radical (unpaired) electrons. The third-order valence-electron chi connectivity index (χ3n) is 7.33. The van der Waals surface area contributed by atoms with Gasteiger partial charge in [0.05, 0.1) is 16.6 Å². The molecule has 1 aromatic carbocycles. The maximum atomic E-state index is 9.50. The van der Waals surface area contributed by atoms with E-state index < -0.39 is 0 Å². The van der Waals surface area contributed by atoms with Crippen LogP contribution >= 0.6 is 11.6 Å². The minimum Gasteiger partial charge on any atom is -0.489 e. The number of piperidine rings is 1. The van der Waals surface area contributed by atoms with Gasteiger partial charge in [0.25, 0.3) is 0 Å². The lowest BCUT2D eigenvalue weighted by atomic mass is 9.49. The van der Waals surface area contributed by atoms with Gasteiger partial charge in [-0.2, -0.15) is 5.26 Å². The average Bonchev–Trinajstić information content (AvgIpc) is 2.77. The second kappa shape index (κ2) is 8.53. The first-order chi connectivity index (χ1) is 15.2. The quantitative estimate of drug-likeness (QED) is 0.689. The van der Waals surface area contributed by atoms with Crippen LogP contribution in [0, 0.1) is 28.1 Å². The van der Waals surface area contributed by atoms with Gasteiger partial charge < -0.3 is 20.2 Å². The fraction of sp³-hybridized carbons (Fsp3) is 0.560. The number of allylic oxidation sites excluding steroid dienone is 2. The zero-order chi connectivity index (χ0) is 23.1. The summed E-state index contributed by atoms with van der Waals surface area (Å²) in [6, 6.07) is 7.56. The topological polar surface area (TPSA) is 71.8 Å². The summed E-state index contributed by atoms with van der Waals surface area (Å²) >= 11 is 6.24. The van der Waals surface area contributed by atoms with Gasteiger partial charge in [0, 0.05) is 42.8 Å². The molecule has 2 fully saturated rings. The van der Waals surface area contributed by atoms with E-state index in [-0.39, 0.29) is 29.6 Å². The molecule has 1 saturated heterocycles. The summed E-state index contributed by atoms with van der Waals surface area (Å²) in [6.45, 7) is 11.1. The summed E-state index contributed by atoms with van der Waals surface area (Å²) in [5, 5.41) is 21.4. The van der Waals surface area contributed by atoms with Crippen molar-refractivity contribution >= 4 is 11.6 Å². The van der Waals surface area contributed by atoms with E-state index in [2.05, 4.69) is 61.3 Å². The molecule has 0 unspecified atom stereocenters. The Hall–Kier alpha value is -2.36. The smallest absolute Gasteiger partial charge is 0.123 e. The summed E-state index contributed by atoms with van der Waals surface area (Å²) in [7, 11) is 0. The number of nitrogens with one attached hydrogen (secondary N) is 1. The van der Waals surface area contributed by atoms with Gasteiger partial charge in [0.2, 0.25) is 0 Å². The minimum atomic E-state index is -0.148. The molecule has 6 nitrogen and oxygen atoms in total. The molecule has 7 heteroatoms. The van der Waals surface area contributed by atoms with Gasteiger partial charge in [-0.1, -0.05) is 39.3 Å². The van der Waals surface area contributed by atoms with Crippen LogP contribution in [0.3, 0.4) is 0 Å². The summed E-state index contributed by atoms with van der Waals surface area (Å²) in [5.74, 6) is 2.27. The molecule has 2 N–H and O–H groups in total. The van der Waals surface area contributed by atoms with Crippen LogP contribution in [-0.4, -0.2) is 46.9 Å². The van der Waals surface area contributed by atoms with Gasteiger partial charge in [0.1, 0.15) is 23.7 Å². The fourth-order valence-electron chi connectivity index (χ4n) is 6.09. The highest BCUT2D eigenvalue weighted by molar-refractivity contribution is 6.31. The molecule has 2 heterocycles. The first kappa shape index (κ1) is 22.8. The zero-order valence-corrected chi connectivity index (χ0v) is 20.1. The van der Waals surface area contributed by atoms with E-state index in [0.29, 0.717) is 22.3 Å². The maximum Gasteiger partial charge on any atom is 0.123 e. The molecule has 4 rings (SSSR count). The molecule has 1 saturated carbocycles. The van der Waals surface area contributed by atoms with E-state index in [1.807, 2.05) is 12.3 Å². The van der Waals surface area contributed by atoms with Gasteiger partial charge in [-0.05, 0) is 43.0 Å². The Bertz CT molecular complexity index is 941. The van der Waals surface area contributed by atoms with E-state index in [9.17, 15) is 5.11 Å². The van der Waals surface area contributed by atoms with Crippen LogP contribution in [0.1, 0.15) is 46.1 Å². The number of aliphatic hydroxyl groups is 1. The van der Waals surface area contributed by atoms with Crippen LogP contribution in [-0.2, 0) is 0 Å². The zero-order valence-electron chi connectivity index (χ0n) is 19.3. The summed E-state index contributed by atoms with van der Waals surface area (Å²) in [6.07, 6.45) is 8.19. The SMILES string of the molecule is CC1(C)C(Oc2ccc(C#N)c(Cl)c2)C(C)(C)C1N1NC=CC=C1N1CCC(CO)CC1. The number of benzene rings is 1. The van der Waals surface area contributed by atoms with Crippen LogP contribution in [0.25, 0.3) is 0 Å². The number of hydrazine groups is 1. The molecule has 1 aromatic rings. The molecular weight excluding hydrogens is 424 g/mol. The van der Waals surface area contributed by atoms with Crippen molar-refractivity contribution in [2.45, 2.75) is 52.7 Å². The van der Waals surface area contributed by atoms with Crippen molar-refractivity contribution in [2.24, 2.45) is 16.7 Å². The summed E-state index contributed by atoms with van der Waals surface area (Å²) in [5.41, 5.74) is 3.65. The Morgan fingerprint density at radius 2 is 1.91 bits per heavy atom. The van der Waals surface area contributed by atoms with Gasteiger partial charge in [-0.25, -0.2) is 0 Å². The molecule has 0 amide bonds. The highest BCUT2D eigenvalue weighted by Crippen LogP contribution is 2.58. The number of hydrogen-bond acceptors (Lipinski definition) is 6. The van der Waals surface area contributed by atoms with E-state index in [1.54, 1.807) is 12.1 Å². The Kier molecular flexibility index (Phi) is 6.08. The second-order valence-electron chi connectivity index (χ2n) is 10.3. The van der Waals surface area contributed by atoms with E-state index in [0.717, 1.165) is 25.9 Å². The Labute approximate surface area is 196 Å². The van der Waals surface area contributed by atoms with Crippen molar-refractivity contribution in [3.8, 4) is 11.8 Å². The molecule has 172 valence electrons. The molecule has 2 aliphatic heterocycles. The third-order valence-corrected chi connectivity index (χ3v) is 7.65. The van der Waals surface area contributed by atoms with Gasteiger partial charge in [-0.3, -0.25) is 5.01 Å². The number of nitrogens with zero attached hydrogens (tertiary/aromatic N) is 3. The largest absolute Gasteiger partial charge is 0.489 e. The van der Waals surface area contributed by atoms with Crippen LogP contribution in [0.2, 0.25) is 5.02 Å². The first-order valence-corrected chi connectivity index (χ1v) is 11.7. The lowest BCUT2D eigenvalue weighted by molar-refractivity contribution is -0.214. The molecule has 0 spiro atoms. The van der Waals surface area contributed by atoms with Crippen molar-refractivity contribution in [1.29, 1.82) is 5.26 Å². The molecule has 0 aromatic heterocycles. The van der Waals surface area contributed by atoms with Crippen molar-refractivity contribution in [2.75, 3.05) is 19.7 Å².